The van der Waals surface area contributed by atoms with Gasteiger partial charge < -0.3 is 14.6 Å². The molecular weight excluding hydrogens is 280 g/mol. The molecule has 4 nitrogen and oxygen atoms in total. The lowest BCUT2D eigenvalue weighted by Crippen LogP contribution is -2.32. The van der Waals surface area contributed by atoms with Gasteiger partial charge in [0.2, 0.25) is 0 Å². The van der Waals surface area contributed by atoms with Gasteiger partial charge in [-0.25, -0.2) is 4.79 Å². The van der Waals surface area contributed by atoms with Crippen molar-refractivity contribution in [2.45, 2.75) is 50.1 Å². The van der Waals surface area contributed by atoms with E-state index in [-0.39, 0.29) is 0 Å². The molecule has 1 N–H and O–H groups in total. The van der Waals surface area contributed by atoms with Crippen molar-refractivity contribution in [2.24, 2.45) is 0 Å². The molecule has 1 aliphatic heterocycles. The summed E-state index contributed by atoms with van der Waals surface area (Å²) in [6, 6.07) is 7.43. The van der Waals surface area contributed by atoms with Gasteiger partial charge in [-0.15, -0.1) is 0 Å². The van der Waals surface area contributed by atoms with Crippen LogP contribution in [0.4, 0.5) is 0 Å². The summed E-state index contributed by atoms with van der Waals surface area (Å²) in [6.45, 7) is 0. The van der Waals surface area contributed by atoms with Crippen molar-refractivity contribution >= 4 is 17.6 Å². The molecule has 1 aliphatic carbocycles. The maximum absolute atomic E-state index is 11.4. The van der Waals surface area contributed by atoms with Gasteiger partial charge in [0.15, 0.2) is 11.9 Å². The van der Waals surface area contributed by atoms with Gasteiger partial charge in [0.25, 0.3) is 0 Å². The second-order valence-corrected chi connectivity index (χ2v) is 5.85. The first-order chi connectivity index (χ1) is 9.60. The second kappa shape index (κ2) is 5.35. The molecule has 3 rings (SSSR count). The molecule has 0 aromatic heterocycles. The molecule has 1 aromatic carbocycles. The number of carboxylic acid groups (broad SMARTS) is 1. The average molecular weight is 297 g/mol. The summed E-state index contributed by atoms with van der Waals surface area (Å²) in [5.41, 5.74) is 0.893. The molecule has 1 aromatic rings. The van der Waals surface area contributed by atoms with Crippen LogP contribution in [0, 0.1) is 0 Å². The minimum Gasteiger partial charge on any atom is -0.479 e. The van der Waals surface area contributed by atoms with Gasteiger partial charge in [-0.2, -0.15) is 0 Å². The van der Waals surface area contributed by atoms with E-state index in [0.29, 0.717) is 11.4 Å². The number of rotatable bonds is 3. The molecule has 5 heteroatoms. The highest BCUT2D eigenvalue weighted by Gasteiger charge is 2.51. The van der Waals surface area contributed by atoms with Gasteiger partial charge in [0, 0.05) is 24.3 Å². The number of halogens is 1. The van der Waals surface area contributed by atoms with Crippen LogP contribution in [0.1, 0.15) is 31.2 Å². The van der Waals surface area contributed by atoms with Crippen LogP contribution in [0.15, 0.2) is 24.3 Å². The first kappa shape index (κ1) is 13.9. The quantitative estimate of drug-likeness (QED) is 0.931. The number of ether oxygens (including phenoxy) is 2. The Morgan fingerprint density at radius 3 is 2.65 bits per heavy atom. The minimum atomic E-state index is -0.967. The Morgan fingerprint density at radius 2 is 2.00 bits per heavy atom. The number of carboxylic acids is 1. The fourth-order valence-electron chi connectivity index (χ4n) is 3.06. The predicted molar refractivity (Wildman–Crippen MR) is 73.7 cm³/mol. The van der Waals surface area contributed by atoms with Crippen molar-refractivity contribution in [3.05, 3.63) is 34.9 Å². The van der Waals surface area contributed by atoms with Crippen LogP contribution in [0.5, 0.6) is 0 Å². The summed E-state index contributed by atoms with van der Waals surface area (Å²) >= 11 is 6.14. The number of aliphatic carboxylic acids is 1. The number of benzene rings is 1. The standard InChI is InChI=1S/C15H17ClO4/c16-11-6-2-1-5-10(11)9-12-13(14(17)18)20-15(19-12)7-3-4-8-15/h1-2,5-6,12-13H,3-4,7-9H2,(H,17,18)/t12-,13+/m1/s1. The molecule has 2 fully saturated rings. The van der Waals surface area contributed by atoms with E-state index in [1.807, 2.05) is 18.2 Å². The minimum absolute atomic E-state index is 0.457. The van der Waals surface area contributed by atoms with Gasteiger partial charge in [-0.05, 0) is 24.5 Å². The summed E-state index contributed by atoms with van der Waals surface area (Å²) in [5.74, 6) is -1.65. The zero-order valence-electron chi connectivity index (χ0n) is 11.0. The summed E-state index contributed by atoms with van der Waals surface area (Å²) < 4.78 is 11.7. The van der Waals surface area contributed by atoms with Gasteiger partial charge >= 0.3 is 5.97 Å². The van der Waals surface area contributed by atoms with Crippen molar-refractivity contribution in [3.63, 3.8) is 0 Å². The first-order valence-electron chi connectivity index (χ1n) is 6.91. The van der Waals surface area contributed by atoms with Crippen LogP contribution in [-0.2, 0) is 20.7 Å². The Kier molecular flexibility index (Phi) is 3.71. The number of carbonyl (C=O) groups is 1. The highest BCUT2D eigenvalue weighted by molar-refractivity contribution is 6.31. The fraction of sp³-hybridized carbons (Fsp3) is 0.533. The van der Waals surface area contributed by atoms with Gasteiger partial charge in [-0.1, -0.05) is 29.8 Å². The van der Waals surface area contributed by atoms with E-state index in [1.54, 1.807) is 6.07 Å². The number of hydrogen-bond acceptors (Lipinski definition) is 3. The maximum atomic E-state index is 11.4. The Bertz CT molecular complexity index is 510. The van der Waals surface area contributed by atoms with E-state index < -0.39 is 24.0 Å². The lowest BCUT2D eigenvalue weighted by molar-refractivity contribution is -0.179. The Hall–Kier alpha value is -1.10. The summed E-state index contributed by atoms with van der Waals surface area (Å²) in [6.07, 6.45) is 2.65. The molecule has 0 unspecified atom stereocenters. The fourth-order valence-corrected chi connectivity index (χ4v) is 3.27. The van der Waals surface area contributed by atoms with E-state index in [2.05, 4.69) is 0 Å². The summed E-state index contributed by atoms with van der Waals surface area (Å²) in [5, 5.41) is 9.97. The van der Waals surface area contributed by atoms with E-state index >= 15 is 0 Å². The van der Waals surface area contributed by atoms with Gasteiger partial charge in [0.05, 0.1) is 0 Å². The zero-order chi connectivity index (χ0) is 14.2. The van der Waals surface area contributed by atoms with E-state index in [1.165, 1.54) is 0 Å². The molecule has 2 atom stereocenters. The molecule has 108 valence electrons. The van der Waals surface area contributed by atoms with E-state index in [9.17, 15) is 9.90 Å². The van der Waals surface area contributed by atoms with Crippen molar-refractivity contribution in [1.29, 1.82) is 0 Å². The molecule has 0 bridgehead atoms. The molecule has 2 aliphatic rings. The van der Waals surface area contributed by atoms with Crippen molar-refractivity contribution < 1.29 is 19.4 Å². The topological polar surface area (TPSA) is 55.8 Å². The molecule has 1 spiro atoms. The van der Waals surface area contributed by atoms with Crippen LogP contribution in [0.2, 0.25) is 5.02 Å². The van der Waals surface area contributed by atoms with Crippen LogP contribution in [0.25, 0.3) is 0 Å². The molecule has 0 radical (unpaired) electrons. The normalized spacial score (nSPS) is 28.1. The lowest BCUT2D eigenvalue weighted by Gasteiger charge is -2.21. The number of hydrogen-bond donors (Lipinski definition) is 1. The molecule has 1 saturated heterocycles. The van der Waals surface area contributed by atoms with Crippen LogP contribution < -0.4 is 0 Å². The van der Waals surface area contributed by atoms with Crippen LogP contribution in [-0.4, -0.2) is 29.1 Å². The van der Waals surface area contributed by atoms with Crippen molar-refractivity contribution in [1.82, 2.24) is 0 Å². The average Bonchev–Trinajstić information content (AvgIpc) is 3.01. The summed E-state index contributed by atoms with van der Waals surface area (Å²) in [4.78, 5) is 11.4. The Balaban J connectivity index is 1.80. The highest BCUT2D eigenvalue weighted by Crippen LogP contribution is 2.42. The lowest BCUT2D eigenvalue weighted by atomic mass is 10.0. The molecule has 1 heterocycles. The monoisotopic (exact) mass is 296 g/mol. The van der Waals surface area contributed by atoms with Gasteiger partial charge in [0.1, 0.15) is 6.10 Å². The maximum Gasteiger partial charge on any atom is 0.335 e. The van der Waals surface area contributed by atoms with Crippen LogP contribution >= 0.6 is 11.6 Å². The van der Waals surface area contributed by atoms with E-state index in [0.717, 1.165) is 31.2 Å². The van der Waals surface area contributed by atoms with Crippen LogP contribution in [0.3, 0.4) is 0 Å². The van der Waals surface area contributed by atoms with Gasteiger partial charge in [-0.3, -0.25) is 0 Å². The van der Waals surface area contributed by atoms with Crippen molar-refractivity contribution in [2.75, 3.05) is 0 Å². The molecule has 1 saturated carbocycles. The second-order valence-electron chi connectivity index (χ2n) is 5.45. The van der Waals surface area contributed by atoms with Crippen molar-refractivity contribution in [3.8, 4) is 0 Å². The SMILES string of the molecule is O=C(O)[C@H]1OC2(CCCC2)O[C@@H]1Cc1ccccc1Cl. The molecular formula is C15H17ClO4. The Morgan fingerprint density at radius 1 is 1.30 bits per heavy atom. The molecule has 0 amide bonds. The largest absolute Gasteiger partial charge is 0.479 e. The molecule has 20 heavy (non-hydrogen) atoms. The highest BCUT2D eigenvalue weighted by atomic mass is 35.5. The summed E-state index contributed by atoms with van der Waals surface area (Å²) in [7, 11) is 0. The van der Waals surface area contributed by atoms with E-state index in [4.69, 9.17) is 21.1 Å². The zero-order valence-corrected chi connectivity index (χ0v) is 11.8. The third-order valence-electron chi connectivity index (χ3n) is 4.03. The predicted octanol–water partition coefficient (Wildman–Crippen LogP) is 3.02. The third kappa shape index (κ3) is 2.55. The first-order valence-corrected chi connectivity index (χ1v) is 7.29. The Labute approximate surface area is 122 Å². The third-order valence-corrected chi connectivity index (χ3v) is 4.40. The smallest absolute Gasteiger partial charge is 0.335 e.